The molecule has 1 amide bonds. The summed E-state index contributed by atoms with van der Waals surface area (Å²) in [5.41, 5.74) is 2.80. The number of carbonyl (C=O) groups is 1. The molecule has 0 saturated carbocycles. The summed E-state index contributed by atoms with van der Waals surface area (Å²) in [6.45, 7) is 5.76. The van der Waals surface area contributed by atoms with Crippen LogP contribution in [0.5, 0.6) is 5.75 Å². The first kappa shape index (κ1) is 18.9. The second kappa shape index (κ2) is 8.22. The van der Waals surface area contributed by atoms with Crippen LogP contribution < -0.4 is 10.1 Å². The number of amides is 1. The highest BCUT2D eigenvalue weighted by Crippen LogP contribution is 2.25. The Morgan fingerprint density at radius 2 is 2.00 bits per heavy atom. The summed E-state index contributed by atoms with van der Waals surface area (Å²) in [4.78, 5) is 16.6. The summed E-state index contributed by atoms with van der Waals surface area (Å²) in [7, 11) is 0. The average Bonchev–Trinajstić information content (AvgIpc) is 3.12. The lowest BCUT2D eigenvalue weighted by Crippen LogP contribution is -2.36. The molecule has 0 spiro atoms. The van der Waals surface area contributed by atoms with Crippen LogP contribution >= 0.6 is 11.6 Å². The Kier molecular flexibility index (Phi) is 5.76. The van der Waals surface area contributed by atoms with E-state index in [1.807, 2.05) is 44.2 Å². The highest BCUT2D eigenvalue weighted by atomic mass is 35.5. The van der Waals surface area contributed by atoms with Crippen molar-refractivity contribution in [2.24, 2.45) is 0 Å². The van der Waals surface area contributed by atoms with Gasteiger partial charge in [0.1, 0.15) is 5.75 Å². The van der Waals surface area contributed by atoms with E-state index < -0.39 is 6.10 Å². The Labute approximate surface area is 162 Å². The van der Waals surface area contributed by atoms with Gasteiger partial charge in [-0.3, -0.25) is 4.79 Å². The molecule has 6 nitrogen and oxygen atoms in total. The number of hydrogen-bond acceptors (Lipinski definition) is 5. The van der Waals surface area contributed by atoms with Crippen LogP contribution in [0.3, 0.4) is 0 Å². The number of rotatable bonds is 6. The van der Waals surface area contributed by atoms with Crippen LogP contribution in [-0.4, -0.2) is 22.2 Å². The van der Waals surface area contributed by atoms with Gasteiger partial charge in [0.2, 0.25) is 11.7 Å². The fourth-order valence-electron chi connectivity index (χ4n) is 2.48. The fourth-order valence-corrected chi connectivity index (χ4v) is 2.70. The minimum absolute atomic E-state index is 0.108. The van der Waals surface area contributed by atoms with E-state index in [0.29, 0.717) is 22.2 Å². The van der Waals surface area contributed by atoms with Gasteiger partial charge in [-0.2, -0.15) is 4.98 Å². The molecule has 0 aliphatic rings. The summed E-state index contributed by atoms with van der Waals surface area (Å²) in [5, 5.41) is 7.18. The molecule has 1 heterocycles. The Hall–Kier alpha value is -2.86. The standard InChI is InChI=1S/C20H20ClN3O3/c1-12-7-6-10-17(13(12)2)26-14(3)20(25)22-11-18-23-19(24-27-18)15-8-4-5-9-16(15)21/h4-10,14H,11H2,1-3H3,(H,22,25)/t14-/m0/s1. The van der Waals surface area contributed by atoms with Gasteiger partial charge in [-0.05, 0) is 50.1 Å². The van der Waals surface area contributed by atoms with Crippen molar-refractivity contribution in [3.8, 4) is 17.1 Å². The van der Waals surface area contributed by atoms with Gasteiger partial charge >= 0.3 is 0 Å². The van der Waals surface area contributed by atoms with Crippen molar-refractivity contribution in [2.45, 2.75) is 33.4 Å². The maximum absolute atomic E-state index is 12.3. The van der Waals surface area contributed by atoms with Gasteiger partial charge in [0.15, 0.2) is 6.10 Å². The first-order valence-corrected chi connectivity index (χ1v) is 8.91. The van der Waals surface area contributed by atoms with Gasteiger partial charge in [-0.25, -0.2) is 0 Å². The Balaban J connectivity index is 1.59. The van der Waals surface area contributed by atoms with Gasteiger partial charge < -0.3 is 14.6 Å². The third-order valence-corrected chi connectivity index (χ3v) is 4.55. The predicted molar refractivity (Wildman–Crippen MR) is 103 cm³/mol. The number of carbonyl (C=O) groups excluding carboxylic acids is 1. The number of nitrogens with zero attached hydrogens (tertiary/aromatic N) is 2. The molecule has 3 aromatic rings. The van der Waals surface area contributed by atoms with Crippen molar-refractivity contribution in [1.82, 2.24) is 15.5 Å². The van der Waals surface area contributed by atoms with Crippen LogP contribution in [0.2, 0.25) is 5.02 Å². The minimum atomic E-state index is -0.656. The van der Waals surface area contributed by atoms with Crippen LogP contribution in [0.1, 0.15) is 23.9 Å². The van der Waals surface area contributed by atoms with Crippen molar-refractivity contribution in [2.75, 3.05) is 0 Å². The fraction of sp³-hybridized carbons (Fsp3) is 0.250. The first-order chi connectivity index (χ1) is 13.0. The number of ether oxygens (including phenoxy) is 1. The summed E-state index contributed by atoms with van der Waals surface area (Å²) in [5.74, 6) is 1.09. The minimum Gasteiger partial charge on any atom is -0.481 e. The van der Waals surface area contributed by atoms with Crippen LogP contribution in [0.15, 0.2) is 47.0 Å². The maximum Gasteiger partial charge on any atom is 0.261 e. The summed E-state index contributed by atoms with van der Waals surface area (Å²) in [6.07, 6.45) is -0.656. The lowest BCUT2D eigenvalue weighted by molar-refractivity contribution is -0.127. The van der Waals surface area contributed by atoms with Gasteiger partial charge in [-0.15, -0.1) is 0 Å². The molecule has 0 fully saturated rings. The molecule has 0 aliphatic heterocycles. The molecule has 140 valence electrons. The highest BCUT2D eigenvalue weighted by Gasteiger charge is 2.18. The molecule has 7 heteroatoms. The van der Waals surface area contributed by atoms with Gasteiger partial charge in [0.05, 0.1) is 11.6 Å². The third kappa shape index (κ3) is 4.46. The normalized spacial score (nSPS) is 11.9. The number of benzene rings is 2. The number of nitrogens with one attached hydrogen (secondary N) is 1. The van der Waals surface area contributed by atoms with Crippen LogP contribution in [0.25, 0.3) is 11.4 Å². The first-order valence-electron chi connectivity index (χ1n) is 8.53. The lowest BCUT2D eigenvalue weighted by Gasteiger charge is -2.16. The van der Waals surface area contributed by atoms with Crippen LogP contribution in [0.4, 0.5) is 0 Å². The van der Waals surface area contributed by atoms with E-state index in [1.165, 1.54) is 0 Å². The summed E-state index contributed by atoms with van der Waals surface area (Å²) < 4.78 is 11.0. The number of aromatic nitrogens is 2. The van der Waals surface area contributed by atoms with Crippen molar-refractivity contribution in [3.05, 3.63) is 64.5 Å². The van der Waals surface area contributed by atoms with E-state index in [9.17, 15) is 4.79 Å². The van der Waals surface area contributed by atoms with Crippen molar-refractivity contribution < 1.29 is 14.1 Å². The molecule has 1 aromatic heterocycles. The van der Waals surface area contributed by atoms with Gasteiger partial charge in [0, 0.05) is 5.56 Å². The highest BCUT2D eigenvalue weighted by molar-refractivity contribution is 6.33. The number of halogens is 1. The average molecular weight is 386 g/mol. The van der Waals surface area contributed by atoms with E-state index in [4.69, 9.17) is 20.9 Å². The molecule has 1 atom stereocenters. The third-order valence-electron chi connectivity index (χ3n) is 4.22. The lowest BCUT2D eigenvalue weighted by atomic mass is 10.1. The second-order valence-electron chi connectivity index (χ2n) is 6.17. The van der Waals surface area contributed by atoms with Crippen molar-refractivity contribution >= 4 is 17.5 Å². The maximum atomic E-state index is 12.3. The SMILES string of the molecule is Cc1cccc(O[C@@H](C)C(=O)NCc2nc(-c3ccccc3Cl)no2)c1C. The monoisotopic (exact) mass is 385 g/mol. The van der Waals surface area contributed by atoms with E-state index in [2.05, 4.69) is 15.5 Å². The van der Waals surface area contributed by atoms with Crippen LogP contribution in [-0.2, 0) is 11.3 Å². The Morgan fingerprint density at radius 3 is 2.78 bits per heavy atom. The molecule has 3 rings (SSSR count). The second-order valence-corrected chi connectivity index (χ2v) is 6.57. The predicted octanol–water partition coefficient (Wildman–Crippen LogP) is 4.09. The van der Waals surface area contributed by atoms with Crippen LogP contribution in [0, 0.1) is 13.8 Å². The molecular formula is C20H20ClN3O3. The van der Waals surface area contributed by atoms with Gasteiger partial charge in [0.25, 0.3) is 5.91 Å². The zero-order valence-electron chi connectivity index (χ0n) is 15.3. The topological polar surface area (TPSA) is 77.2 Å². The summed E-state index contributed by atoms with van der Waals surface area (Å²) in [6, 6.07) is 13.0. The molecule has 0 unspecified atom stereocenters. The molecule has 27 heavy (non-hydrogen) atoms. The van der Waals surface area contributed by atoms with E-state index in [1.54, 1.807) is 19.1 Å². The van der Waals surface area contributed by atoms with Gasteiger partial charge in [-0.1, -0.05) is 41.0 Å². The van der Waals surface area contributed by atoms with E-state index >= 15 is 0 Å². The largest absolute Gasteiger partial charge is 0.481 e. The zero-order chi connectivity index (χ0) is 19.4. The van der Waals surface area contributed by atoms with Crippen molar-refractivity contribution in [1.29, 1.82) is 0 Å². The molecular weight excluding hydrogens is 366 g/mol. The molecule has 2 aromatic carbocycles. The molecule has 0 bridgehead atoms. The molecule has 1 N–H and O–H groups in total. The molecule has 0 radical (unpaired) electrons. The Morgan fingerprint density at radius 1 is 1.22 bits per heavy atom. The zero-order valence-corrected chi connectivity index (χ0v) is 16.1. The smallest absolute Gasteiger partial charge is 0.261 e. The summed E-state index contributed by atoms with van der Waals surface area (Å²) >= 11 is 6.13. The van der Waals surface area contributed by atoms with E-state index in [-0.39, 0.29) is 18.3 Å². The number of aryl methyl sites for hydroxylation is 1. The number of hydrogen-bond donors (Lipinski definition) is 1. The van der Waals surface area contributed by atoms with Crippen molar-refractivity contribution in [3.63, 3.8) is 0 Å². The molecule has 0 saturated heterocycles. The quantitative estimate of drug-likeness (QED) is 0.691. The Bertz CT molecular complexity index is 955. The molecule has 0 aliphatic carbocycles. The van der Waals surface area contributed by atoms with E-state index in [0.717, 1.165) is 11.1 Å².